The Kier molecular flexibility index (Phi) is 2.07. The molecule has 1 fully saturated rings. The van der Waals surface area contributed by atoms with Gasteiger partial charge in [0.05, 0.1) is 0 Å². The van der Waals surface area contributed by atoms with Crippen molar-refractivity contribution in [1.82, 2.24) is 0 Å². The van der Waals surface area contributed by atoms with Crippen LogP contribution in [0.1, 0.15) is 53.9 Å². The third kappa shape index (κ3) is 0.947. The predicted octanol–water partition coefficient (Wildman–Crippen LogP) is 3.86. The Bertz CT molecular complexity index is 150. The van der Waals surface area contributed by atoms with Crippen molar-refractivity contribution in [3.05, 3.63) is 0 Å². The lowest BCUT2D eigenvalue weighted by molar-refractivity contribution is 0.352. The van der Waals surface area contributed by atoms with Crippen LogP contribution in [-0.4, -0.2) is 0 Å². The summed E-state index contributed by atoms with van der Waals surface area (Å²) >= 11 is 0. The number of rotatable bonds is 3. The van der Waals surface area contributed by atoms with Gasteiger partial charge in [-0.25, -0.2) is 0 Å². The van der Waals surface area contributed by atoms with Gasteiger partial charge in [0.25, 0.3) is 0 Å². The van der Waals surface area contributed by atoms with E-state index in [9.17, 15) is 0 Å². The highest BCUT2D eigenvalue weighted by atomic mass is 14.7. The van der Waals surface area contributed by atoms with Crippen molar-refractivity contribution in [2.75, 3.05) is 0 Å². The summed E-state index contributed by atoms with van der Waals surface area (Å²) in [6.45, 7) is 12.0. The molecule has 3 atom stereocenters. The Morgan fingerprint density at radius 1 is 1.09 bits per heavy atom. The largest absolute Gasteiger partial charge is 0.0654 e. The molecule has 3 unspecified atom stereocenters. The summed E-state index contributed by atoms with van der Waals surface area (Å²) < 4.78 is 0. The molecule has 0 aromatic carbocycles. The van der Waals surface area contributed by atoms with Crippen LogP contribution in [-0.2, 0) is 0 Å². The Labute approximate surface area is 71.4 Å². The third-order valence-corrected chi connectivity index (χ3v) is 4.64. The summed E-state index contributed by atoms with van der Waals surface area (Å²) in [4.78, 5) is 0. The van der Waals surface area contributed by atoms with Crippen molar-refractivity contribution < 1.29 is 0 Å². The lowest BCUT2D eigenvalue weighted by Gasteiger charge is -2.15. The van der Waals surface area contributed by atoms with Crippen molar-refractivity contribution in [3.63, 3.8) is 0 Å². The quantitative estimate of drug-likeness (QED) is 0.579. The fourth-order valence-electron chi connectivity index (χ4n) is 2.97. The molecule has 0 N–H and O–H groups in total. The smallest absolute Gasteiger partial charge is 0.0238 e. The predicted molar refractivity (Wildman–Crippen MR) is 50.6 cm³/mol. The molecule has 0 heterocycles. The van der Waals surface area contributed by atoms with Crippen molar-refractivity contribution in [3.8, 4) is 0 Å². The van der Waals surface area contributed by atoms with Crippen molar-refractivity contribution in [2.45, 2.75) is 53.9 Å². The van der Waals surface area contributed by atoms with Crippen molar-refractivity contribution in [2.24, 2.45) is 16.7 Å². The summed E-state index contributed by atoms with van der Waals surface area (Å²) in [5.74, 6) is 0.944. The molecule has 0 amide bonds. The van der Waals surface area contributed by atoms with Crippen LogP contribution in [0.2, 0.25) is 0 Å². The van der Waals surface area contributed by atoms with Gasteiger partial charge in [0.15, 0.2) is 0 Å². The molecule has 0 spiro atoms. The average molecular weight is 154 g/mol. The SMILES string of the molecule is CCCC1(C)C(C)C1(C)CC. The first-order valence-electron chi connectivity index (χ1n) is 5.03. The van der Waals surface area contributed by atoms with E-state index in [1.807, 2.05) is 0 Å². The monoisotopic (exact) mass is 154 g/mol. The standard InChI is InChI=1S/C11H22/c1-6-8-11(5)9(3)10(11,4)7-2/h9H,6-8H2,1-5H3. The van der Waals surface area contributed by atoms with E-state index in [0.717, 1.165) is 5.92 Å². The molecule has 11 heavy (non-hydrogen) atoms. The fraction of sp³-hybridized carbons (Fsp3) is 1.00. The van der Waals surface area contributed by atoms with E-state index in [1.54, 1.807) is 0 Å². The first-order chi connectivity index (χ1) is 5.03. The molecule has 0 saturated heterocycles. The Morgan fingerprint density at radius 3 is 1.91 bits per heavy atom. The maximum absolute atomic E-state index is 2.46. The van der Waals surface area contributed by atoms with E-state index >= 15 is 0 Å². The lowest BCUT2D eigenvalue weighted by atomic mass is 9.90. The highest BCUT2D eigenvalue weighted by molar-refractivity contribution is 5.13. The minimum absolute atomic E-state index is 0.656. The molecule has 66 valence electrons. The molecule has 0 aromatic heterocycles. The highest BCUT2D eigenvalue weighted by Gasteiger charge is 2.65. The molecule has 1 aliphatic carbocycles. The number of hydrogen-bond donors (Lipinski definition) is 0. The summed E-state index contributed by atoms with van der Waals surface area (Å²) in [6, 6.07) is 0. The summed E-state index contributed by atoms with van der Waals surface area (Å²) in [5, 5.41) is 0. The summed E-state index contributed by atoms with van der Waals surface area (Å²) in [6.07, 6.45) is 4.11. The first kappa shape index (κ1) is 9.09. The van der Waals surface area contributed by atoms with Crippen LogP contribution in [0.5, 0.6) is 0 Å². The fourth-order valence-corrected chi connectivity index (χ4v) is 2.97. The van der Waals surface area contributed by atoms with Crippen LogP contribution < -0.4 is 0 Å². The lowest BCUT2D eigenvalue weighted by Crippen LogP contribution is -2.05. The molecule has 0 nitrogen and oxygen atoms in total. The minimum Gasteiger partial charge on any atom is -0.0654 e. The van der Waals surface area contributed by atoms with Gasteiger partial charge in [-0.2, -0.15) is 0 Å². The molecule has 0 bridgehead atoms. The highest BCUT2D eigenvalue weighted by Crippen LogP contribution is 2.72. The zero-order valence-corrected chi connectivity index (χ0v) is 8.70. The van der Waals surface area contributed by atoms with Crippen LogP contribution in [0.4, 0.5) is 0 Å². The first-order valence-corrected chi connectivity index (χ1v) is 5.03. The molecule has 0 aromatic rings. The maximum Gasteiger partial charge on any atom is -0.0238 e. The minimum atomic E-state index is 0.656. The molecule has 0 radical (unpaired) electrons. The van der Waals surface area contributed by atoms with E-state index in [1.165, 1.54) is 19.3 Å². The topological polar surface area (TPSA) is 0 Å². The van der Waals surface area contributed by atoms with Crippen LogP contribution >= 0.6 is 0 Å². The van der Waals surface area contributed by atoms with Crippen LogP contribution in [0.3, 0.4) is 0 Å². The van der Waals surface area contributed by atoms with Gasteiger partial charge in [-0.1, -0.05) is 41.0 Å². The Balaban J connectivity index is 2.63. The van der Waals surface area contributed by atoms with Gasteiger partial charge in [0.2, 0.25) is 0 Å². The van der Waals surface area contributed by atoms with Gasteiger partial charge in [-0.05, 0) is 29.6 Å². The zero-order valence-electron chi connectivity index (χ0n) is 8.70. The van der Waals surface area contributed by atoms with E-state index in [2.05, 4.69) is 34.6 Å². The second kappa shape index (κ2) is 2.50. The normalized spacial score (nSPS) is 49.4. The second-order valence-corrected chi connectivity index (χ2v) is 4.66. The van der Waals surface area contributed by atoms with Gasteiger partial charge in [0.1, 0.15) is 0 Å². The van der Waals surface area contributed by atoms with Gasteiger partial charge in [0, 0.05) is 0 Å². The molecule has 1 saturated carbocycles. The molecule has 1 aliphatic rings. The van der Waals surface area contributed by atoms with Crippen LogP contribution in [0, 0.1) is 16.7 Å². The molecular weight excluding hydrogens is 132 g/mol. The van der Waals surface area contributed by atoms with E-state index in [4.69, 9.17) is 0 Å². The molecule has 0 aliphatic heterocycles. The molecule has 1 rings (SSSR count). The summed E-state index contributed by atoms with van der Waals surface area (Å²) in [5.41, 5.74) is 1.32. The second-order valence-electron chi connectivity index (χ2n) is 4.66. The average Bonchev–Trinajstić information content (AvgIpc) is 2.39. The van der Waals surface area contributed by atoms with Crippen LogP contribution in [0.25, 0.3) is 0 Å². The molecular formula is C11H22. The van der Waals surface area contributed by atoms with Gasteiger partial charge < -0.3 is 0 Å². The van der Waals surface area contributed by atoms with Crippen LogP contribution in [0.15, 0.2) is 0 Å². The van der Waals surface area contributed by atoms with Crippen molar-refractivity contribution in [1.29, 1.82) is 0 Å². The van der Waals surface area contributed by atoms with Crippen molar-refractivity contribution >= 4 is 0 Å². The van der Waals surface area contributed by atoms with E-state index in [0.29, 0.717) is 10.8 Å². The Hall–Kier alpha value is 0. The summed E-state index contributed by atoms with van der Waals surface area (Å²) in [7, 11) is 0. The van der Waals surface area contributed by atoms with E-state index in [-0.39, 0.29) is 0 Å². The van der Waals surface area contributed by atoms with E-state index < -0.39 is 0 Å². The zero-order chi connectivity index (χ0) is 8.70. The maximum atomic E-state index is 2.46. The number of hydrogen-bond acceptors (Lipinski definition) is 0. The Morgan fingerprint density at radius 2 is 1.64 bits per heavy atom. The third-order valence-electron chi connectivity index (χ3n) is 4.64. The van der Waals surface area contributed by atoms with Gasteiger partial charge >= 0.3 is 0 Å². The van der Waals surface area contributed by atoms with Gasteiger partial charge in [-0.15, -0.1) is 0 Å². The molecule has 0 heteroatoms. The van der Waals surface area contributed by atoms with Gasteiger partial charge in [-0.3, -0.25) is 0 Å².